The van der Waals surface area contributed by atoms with E-state index >= 15 is 0 Å². The number of rotatable bonds is 4. The number of pyridine rings is 1. The summed E-state index contributed by atoms with van der Waals surface area (Å²) in [6.45, 7) is 3.44. The Labute approximate surface area is 177 Å². The number of anilines is 1. The van der Waals surface area contributed by atoms with Crippen molar-refractivity contribution in [3.63, 3.8) is 0 Å². The molecular weight excluding hydrogens is 402 g/mol. The van der Waals surface area contributed by atoms with Crippen LogP contribution in [0, 0.1) is 6.92 Å². The average molecular weight is 431 g/mol. The molecule has 1 fully saturated rings. The molecule has 0 saturated carbocycles. The van der Waals surface area contributed by atoms with E-state index < -0.39 is 10.0 Å². The van der Waals surface area contributed by atoms with Crippen LogP contribution in [0.3, 0.4) is 0 Å². The Kier molecular flexibility index (Phi) is 5.52. The monoisotopic (exact) mass is 430 g/mol. The van der Waals surface area contributed by atoms with E-state index in [2.05, 4.69) is 28.0 Å². The Balaban J connectivity index is 1.59. The van der Waals surface area contributed by atoms with Crippen LogP contribution in [0.2, 0.25) is 0 Å². The summed E-state index contributed by atoms with van der Waals surface area (Å²) in [5.41, 5.74) is 9.90. The van der Waals surface area contributed by atoms with Crippen molar-refractivity contribution in [2.24, 2.45) is 0 Å². The van der Waals surface area contributed by atoms with E-state index in [1.54, 1.807) is 6.20 Å². The van der Waals surface area contributed by atoms with Gasteiger partial charge in [0.2, 0.25) is 10.0 Å². The standard InChI is InChI=1S/C21H27N5O3S/c1-16-7-9-18(15-22-16)23-24-21(27)26(13-11-25(12-14-26)30(2,28)29)20-10-8-17-5-3-4-6-19(17)20/h3-7,9,15,20,23H,8,10-14H2,1-2H3/p+1. The van der Waals surface area contributed by atoms with Crippen molar-refractivity contribution in [2.45, 2.75) is 25.8 Å². The van der Waals surface area contributed by atoms with Crippen LogP contribution >= 0.6 is 0 Å². The number of sulfonamides is 1. The molecule has 1 aliphatic heterocycles. The number of aryl methyl sites for hydroxylation is 2. The second kappa shape index (κ2) is 7.98. The summed E-state index contributed by atoms with van der Waals surface area (Å²) >= 11 is 0. The maximum absolute atomic E-state index is 13.5. The molecule has 4 rings (SSSR count). The van der Waals surface area contributed by atoms with Crippen LogP contribution < -0.4 is 10.9 Å². The van der Waals surface area contributed by atoms with Gasteiger partial charge in [0, 0.05) is 17.7 Å². The van der Waals surface area contributed by atoms with E-state index in [1.165, 1.54) is 21.7 Å². The van der Waals surface area contributed by atoms with E-state index in [-0.39, 0.29) is 16.6 Å². The number of fused-ring (bicyclic) bond motifs is 1. The van der Waals surface area contributed by atoms with Crippen molar-refractivity contribution in [1.82, 2.24) is 14.7 Å². The topological polar surface area (TPSA) is 91.4 Å². The molecule has 1 atom stereocenters. The number of urea groups is 1. The van der Waals surface area contributed by atoms with Crippen molar-refractivity contribution in [3.8, 4) is 0 Å². The normalized spacial score (nSPS) is 21.1. The molecule has 0 radical (unpaired) electrons. The fraction of sp³-hybridized carbons (Fsp3) is 0.429. The molecule has 1 aromatic heterocycles. The van der Waals surface area contributed by atoms with Crippen molar-refractivity contribution < 1.29 is 17.7 Å². The van der Waals surface area contributed by atoms with Gasteiger partial charge in [0.05, 0.1) is 31.2 Å². The molecule has 0 bridgehead atoms. The number of aromatic nitrogens is 1. The number of carbonyl (C=O) groups is 1. The number of nitrogens with zero attached hydrogens (tertiary/aromatic N) is 3. The number of amides is 2. The van der Waals surface area contributed by atoms with Crippen molar-refractivity contribution in [1.29, 1.82) is 0 Å². The van der Waals surface area contributed by atoms with Gasteiger partial charge >= 0.3 is 6.03 Å². The van der Waals surface area contributed by atoms with Crippen LogP contribution in [-0.2, 0) is 16.4 Å². The molecule has 1 aromatic carbocycles. The van der Waals surface area contributed by atoms with Gasteiger partial charge in [-0.1, -0.05) is 24.3 Å². The Hall–Kier alpha value is -2.49. The SMILES string of the molecule is Cc1ccc(NNC(=O)[N+]2(C3CCc4ccccc43)CCN(S(C)(=O)=O)CC2)cn1. The summed E-state index contributed by atoms with van der Waals surface area (Å²) in [5, 5.41) is 0. The number of hydrogen-bond donors (Lipinski definition) is 2. The highest BCUT2D eigenvalue weighted by atomic mass is 32.2. The molecule has 8 nitrogen and oxygen atoms in total. The van der Waals surface area contributed by atoms with E-state index in [0.717, 1.165) is 18.5 Å². The second-order valence-electron chi connectivity index (χ2n) is 8.14. The molecular formula is C21H28N5O3S+. The van der Waals surface area contributed by atoms with E-state index in [0.29, 0.717) is 31.9 Å². The molecule has 0 spiro atoms. The van der Waals surface area contributed by atoms with Crippen molar-refractivity contribution >= 4 is 21.7 Å². The minimum Gasteiger partial charge on any atom is -0.293 e. The van der Waals surface area contributed by atoms with Gasteiger partial charge in [-0.05, 0) is 31.0 Å². The lowest BCUT2D eigenvalue weighted by Crippen LogP contribution is -2.67. The zero-order chi connectivity index (χ0) is 21.4. The second-order valence-corrected chi connectivity index (χ2v) is 10.1. The van der Waals surface area contributed by atoms with Gasteiger partial charge in [0.1, 0.15) is 19.1 Å². The van der Waals surface area contributed by atoms with Gasteiger partial charge < -0.3 is 0 Å². The quantitative estimate of drug-likeness (QED) is 0.573. The fourth-order valence-electron chi connectivity index (χ4n) is 4.62. The largest absolute Gasteiger partial charge is 0.435 e. The maximum atomic E-state index is 13.5. The van der Waals surface area contributed by atoms with Gasteiger partial charge in [-0.2, -0.15) is 4.31 Å². The van der Waals surface area contributed by atoms with Gasteiger partial charge in [-0.15, -0.1) is 0 Å². The molecule has 2 amide bonds. The molecule has 9 heteroatoms. The summed E-state index contributed by atoms with van der Waals surface area (Å²) in [6.07, 6.45) is 4.70. The fourth-order valence-corrected chi connectivity index (χ4v) is 5.44. The van der Waals surface area contributed by atoms with Crippen LogP contribution in [0.15, 0.2) is 42.6 Å². The number of hydrazine groups is 1. The highest BCUT2D eigenvalue weighted by Gasteiger charge is 2.50. The maximum Gasteiger partial charge on any atom is 0.435 e. The Morgan fingerprint density at radius 3 is 2.57 bits per heavy atom. The van der Waals surface area contributed by atoms with Crippen molar-refractivity contribution in [2.75, 3.05) is 37.9 Å². The first-order valence-electron chi connectivity index (χ1n) is 10.2. The summed E-state index contributed by atoms with van der Waals surface area (Å²) in [4.78, 5) is 17.8. The zero-order valence-corrected chi connectivity index (χ0v) is 18.2. The summed E-state index contributed by atoms with van der Waals surface area (Å²) in [5.74, 6) is 0. The first-order chi connectivity index (χ1) is 14.3. The highest BCUT2D eigenvalue weighted by Crippen LogP contribution is 2.41. The molecule has 2 aliphatic rings. The molecule has 160 valence electrons. The lowest BCUT2D eigenvalue weighted by Gasteiger charge is -2.45. The molecule has 1 unspecified atom stereocenters. The zero-order valence-electron chi connectivity index (χ0n) is 17.3. The molecule has 30 heavy (non-hydrogen) atoms. The number of benzene rings is 1. The first kappa shape index (κ1) is 20.8. The summed E-state index contributed by atoms with van der Waals surface area (Å²) in [7, 11) is -3.28. The average Bonchev–Trinajstić information content (AvgIpc) is 3.17. The molecule has 2 heterocycles. The van der Waals surface area contributed by atoms with E-state index in [9.17, 15) is 13.2 Å². The Morgan fingerprint density at radius 2 is 1.90 bits per heavy atom. The lowest BCUT2D eigenvalue weighted by molar-refractivity contribution is -0.885. The first-order valence-corrected chi connectivity index (χ1v) is 12.0. The third-order valence-electron chi connectivity index (χ3n) is 6.29. The van der Waals surface area contributed by atoms with E-state index in [4.69, 9.17) is 0 Å². The van der Waals surface area contributed by atoms with Crippen molar-refractivity contribution in [3.05, 3.63) is 59.4 Å². The summed E-state index contributed by atoms with van der Waals surface area (Å²) in [6, 6.07) is 11.9. The Bertz CT molecular complexity index is 1030. The molecule has 2 aromatic rings. The van der Waals surface area contributed by atoms with Crippen LogP contribution in [-0.4, -0.2) is 60.7 Å². The summed E-state index contributed by atoms with van der Waals surface area (Å²) < 4.78 is 25.7. The minimum atomic E-state index is -3.28. The smallest absolute Gasteiger partial charge is 0.293 e. The number of hydrogen-bond acceptors (Lipinski definition) is 5. The number of carbonyl (C=O) groups excluding carboxylic acids is 1. The third kappa shape index (κ3) is 3.92. The van der Waals surface area contributed by atoms with Gasteiger partial charge in [0.25, 0.3) is 0 Å². The molecule has 2 N–H and O–H groups in total. The van der Waals surface area contributed by atoms with Crippen LogP contribution in [0.1, 0.15) is 29.3 Å². The highest BCUT2D eigenvalue weighted by molar-refractivity contribution is 7.88. The van der Waals surface area contributed by atoms with Crippen LogP contribution in [0.25, 0.3) is 0 Å². The van der Waals surface area contributed by atoms with Crippen LogP contribution in [0.4, 0.5) is 10.5 Å². The van der Waals surface area contributed by atoms with E-state index in [1.807, 2.05) is 31.2 Å². The van der Waals surface area contributed by atoms with Gasteiger partial charge in [-0.3, -0.25) is 10.4 Å². The van der Waals surface area contributed by atoms with Crippen LogP contribution in [0.5, 0.6) is 0 Å². The number of nitrogens with one attached hydrogen (secondary N) is 2. The predicted molar refractivity (Wildman–Crippen MR) is 115 cm³/mol. The van der Waals surface area contributed by atoms with Gasteiger partial charge in [0.15, 0.2) is 0 Å². The molecule has 1 aliphatic carbocycles. The number of piperazine rings is 1. The number of quaternary nitrogens is 1. The molecule has 1 saturated heterocycles. The van der Waals surface area contributed by atoms with Gasteiger partial charge in [-0.25, -0.2) is 23.1 Å². The minimum absolute atomic E-state index is 0.0147. The Morgan fingerprint density at radius 1 is 1.17 bits per heavy atom. The predicted octanol–water partition coefficient (Wildman–Crippen LogP) is 2.21. The third-order valence-corrected chi connectivity index (χ3v) is 7.60. The lowest BCUT2D eigenvalue weighted by atomic mass is 10.0.